The summed E-state index contributed by atoms with van der Waals surface area (Å²) in [7, 11) is 0. The summed E-state index contributed by atoms with van der Waals surface area (Å²) in [4.78, 5) is 0. The van der Waals surface area contributed by atoms with Crippen LogP contribution in [-0.4, -0.2) is 0 Å². The molecule has 46 heavy (non-hydrogen) atoms. The third kappa shape index (κ3) is 19.1. The molecule has 1 radical (unpaired) electrons. The minimum absolute atomic E-state index is 0. The molecular weight excluding hydrogens is 592 g/mol. The van der Waals surface area contributed by atoms with Crippen LogP contribution in [0.2, 0.25) is 0 Å². The molecular formula is C45H87Cr. The van der Waals surface area contributed by atoms with E-state index < -0.39 is 0 Å². The molecule has 0 aromatic carbocycles. The molecule has 3 rings (SSSR count). The molecule has 0 heterocycles. The molecule has 0 N–H and O–H groups in total. The van der Waals surface area contributed by atoms with Gasteiger partial charge in [0, 0.05) is 0 Å². The third-order valence-electron chi connectivity index (χ3n) is 11.8. The van der Waals surface area contributed by atoms with E-state index in [-0.39, 0.29) is 33.6 Å². The average molecular weight is 680 g/mol. The molecule has 0 saturated heterocycles. The summed E-state index contributed by atoms with van der Waals surface area (Å²) in [6, 6.07) is 0. The van der Waals surface area contributed by atoms with Crippen LogP contribution in [0.1, 0.15) is 199 Å². The van der Waals surface area contributed by atoms with Gasteiger partial charge in [-0.05, 0) is 54.8 Å². The minimum atomic E-state index is 0. The molecule has 273 valence electrons. The van der Waals surface area contributed by atoms with Crippen LogP contribution in [0.3, 0.4) is 0 Å². The van der Waals surface area contributed by atoms with Gasteiger partial charge in [0.05, 0.1) is 0 Å². The van der Waals surface area contributed by atoms with Crippen LogP contribution in [0.5, 0.6) is 0 Å². The molecule has 0 aromatic rings. The van der Waals surface area contributed by atoms with Crippen molar-refractivity contribution in [1.29, 1.82) is 0 Å². The van der Waals surface area contributed by atoms with Crippen molar-refractivity contribution in [3.63, 3.8) is 0 Å². The zero-order valence-electron chi connectivity index (χ0n) is 34.0. The van der Waals surface area contributed by atoms with Crippen LogP contribution < -0.4 is 0 Å². The second kappa shape index (κ2) is 22.4. The third-order valence-corrected chi connectivity index (χ3v) is 11.8. The van der Waals surface area contributed by atoms with Gasteiger partial charge in [-0.1, -0.05) is 197 Å². The van der Waals surface area contributed by atoms with Crippen molar-refractivity contribution in [2.24, 2.45) is 69.5 Å². The van der Waals surface area contributed by atoms with E-state index in [1.165, 1.54) is 116 Å². The standard InChI is InChI=1S/3C15H29.Cr/c3*1-12(2)11-14(15(3,4)5)13-9-7-6-8-10-13;/h3*12-14H,3,6-11H2,1-2,4-5H3;/q3*-1;+3. The summed E-state index contributed by atoms with van der Waals surface area (Å²) in [6.45, 7) is 41.3. The molecule has 0 aromatic heterocycles. The van der Waals surface area contributed by atoms with E-state index in [0.717, 1.165) is 53.3 Å². The van der Waals surface area contributed by atoms with Gasteiger partial charge in [-0.2, -0.15) is 16.2 Å². The predicted octanol–water partition coefficient (Wildman–Crippen LogP) is 15.3. The van der Waals surface area contributed by atoms with Gasteiger partial charge in [0.25, 0.3) is 0 Å². The van der Waals surface area contributed by atoms with E-state index in [9.17, 15) is 0 Å². The molecule has 3 aliphatic rings. The van der Waals surface area contributed by atoms with Crippen LogP contribution in [-0.2, 0) is 17.4 Å². The first-order valence-electron chi connectivity index (χ1n) is 20.3. The zero-order chi connectivity index (χ0) is 34.4. The van der Waals surface area contributed by atoms with E-state index in [0.29, 0.717) is 0 Å². The molecule has 3 atom stereocenters. The van der Waals surface area contributed by atoms with E-state index >= 15 is 0 Å². The van der Waals surface area contributed by atoms with E-state index in [1.807, 2.05) is 0 Å². The average Bonchev–Trinajstić information content (AvgIpc) is 2.93. The Labute approximate surface area is 305 Å². The fourth-order valence-electron chi connectivity index (χ4n) is 9.58. The first kappa shape index (κ1) is 46.5. The number of hydrogen-bond acceptors (Lipinski definition) is 0. The maximum absolute atomic E-state index is 4.40. The molecule has 3 aliphatic carbocycles. The molecule has 1 heteroatoms. The van der Waals surface area contributed by atoms with E-state index in [2.05, 4.69) is 104 Å². The smallest absolute Gasteiger partial charge is 0.337 e. The summed E-state index contributed by atoms with van der Waals surface area (Å²) >= 11 is 0. The second-order valence-corrected chi connectivity index (χ2v) is 19.9. The van der Waals surface area contributed by atoms with Gasteiger partial charge in [-0.25, -0.2) is 0 Å². The molecule has 0 aliphatic heterocycles. The number of rotatable bonds is 12. The molecule has 0 bridgehead atoms. The Bertz CT molecular complexity index is 608. The molecule has 0 nitrogen and oxygen atoms in total. The maximum Gasteiger partial charge on any atom is 3.00 e. The minimum Gasteiger partial charge on any atom is -0.337 e. The van der Waals surface area contributed by atoms with Crippen LogP contribution in [0.25, 0.3) is 0 Å². The van der Waals surface area contributed by atoms with Gasteiger partial charge >= 0.3 is 17.4 Å². The molecule has 0 spiro atoms. The summed E-state index contributed by atoms with van der Waals surface area (Å²) in [5, 5.41) is 0. The van der Waals surface area contributed by atoms with Gasteiger partial charge in [0.15, 0.2) is 0 Å². The monoisotopic (exact) mass is 680 g/mol. The van der Waals surface area contributed by atoms with E-state index in [1.54, 1.807) is 0 Å². The fraction of sp³-hybridized carbons (Fsp3) is 0.933. The topological polar surface area (TPSA) is 0 Å². The van der Waals surface area contributed by atoms with Gasteiger partial charge in [0.1, 0.15) is 0 Å². The Kier molecular flexibility index (Phi) is 22.6. The van der Waals surface area contributed by atoms with Crippen LogP contribution in [0, 0.1) is 90.3 Å². The summed E-state index contributed by atoms with van der Waals surface area (Å²) in [6.07, 6.45) is 25.9. The van der Waals surface area contributed by atoms with Crippen LogP contribution in [0.15, 0.2) is 0 Å². The first-order chi connectivity index (χ1) is 20.7. The van der Waals surface area contributed by atoms with Crippen LogP contribution >= 0.6 is 0 Å². The molecule has 3 saturated carbocycles. The normalized spacial score (nSPS) is 21.5. The van der Waals surface area contributed by atoms with Crippen molar-refractivity contribution >= 4 is 0 Å². The fourth-order valence-corrected chi connectivity index (χ4v) is 9.58. The number of hydrogen-bond donors (Lipinski definition) is 0. The van der Waals surface area contributed by atoms with E-state index in [4.69, 9.17) is 0 Å². The first-order valence-corrected chi connectivity index (χ1v) is 20.3. The van der Waals surface area contributed by atoms with Crippen LogP contribution in [0.4, 0.5) is 0 Å². The van der Waals surface area contributed by atoms with Crippen molar-refractivity contribution in [2.45, 2.75) is 199 Å². The second-order valence-electron chi connectivity index (χ2n) is 19.9. The van der Waals surface area contributed by atoms with Gasteiger partial charge < -0.3 is 20.8 Å². The SMILES string of the molecule is [CH2-]C(C)(C)C(CC(C)C)C1CCCCC1.[CH2-]C(C)(C)C(CC(C)C)C1CCCCC1.[CH2-]C(C)(C)C(CC(C)C)C1CCCCC1.[Cr+3]. The Morgan fingerprint density at radius 1 is 0.391 bits per heavy atom. The Morgan fingerprint density at radius 2 is 0.565 bits per heavy atom. The van der Waals surface area contributed by atoms with Gasteiger partial charge in [0.2, 0.25) is 0 Å². The van der Waals surface area contributed by atoms with Gasteiger partial charge in [-0.3, -0.25) is 0 Å². The molecule has 3 fully saturated rings. The van der Waals surface area contributed by atoms with Crippen molar-refractivity contribution in [3.8, 4) is 0 Å². The molecule has 0 amide bonds. The van der Waals surface area contributed by atoms with Gasteiger partial charge in [-0.15, -0.1) is 0 Å². The largest absolute Gasteiger partial charge is 3.00 e. The molecule has 3 unspecified atom stereocenters. The summed E-state index contributed by atoms with van der Waals surface area (Å²) < 4.78 is 0. The maximum atomic E-state index is 4.40. The van der Waals surface area contributed by atoms with Crippen molar-refractivity contribution in [3.05, 3.63) is 20.8 Å². The van der Waals surface area contributed by atoms with Crippen molar-refractivity contribution in [2.75, 3.05) is 0 Å². The Morgan fingerprint density at radius 3 is 0.696 bits per heavy atom. The van der Waals surface area contributed by atoms with Crippen molar-refractivity contribution in [1.82, 2.24) is 0 Å². The predicted molar refractivity (Wildman–Crippen MR) is 206 cm³/mol. The Balaban J connectivity index is 0.000000653. The summed E-state index contributed by atoms with van der Waals surface area (Å²) in [5.41, 5.74) is 0.769. The summed E-state index contributed by atoms with van der Waals surface area (Å²) in [5.74, 6) is 7.80. The van der Waals surface area contributed by atoms with Crippen molar-refractivity contribution < 1.29 is 17.4 Å². The Hall–Kier alpha value is 0.532. The quantitative estimate of drug-likeness (QED) is 0.180. The zero-order valence-corrected chi connectivity index (χ0v) is 35.2.